The van der Waals surface area contributed by atoms with Crippen molar-refractivity contribution in [1.82, 2.24) is 4.72 Å². The number of sulfonamides is 1. The molecule has 21 heavy (non-hydrogen) atoms. The summed E-state index contributed by atoms with van der Waals surface area (Å²) in [6.07, 6.45) is 3.18. The van der Waals surface area contributed by atoms with Crippen LogP contribution in [0.15, 0.2) is 29.2 Å². The van der Waals surface area contributed by atoms with Crippen molar-refractivity contribution in [2.75, 3.05) is 5.32 Å². The molecule has 1 amide bonds. The van der Waals surface area contributed by atoms with Gasteiger partial charge in [0.25, 0.3) is 0 Å². The second-order valence-corrected chi connectivity index (χ2v) is 7.61. The van der Waals surface area contributed by atoms with Gasteiger partial charge >= 0.3 is 0 Å². The van der Waals surface area contributed by atoms with Crippen LogP contribution >= 0.6 is 11.6 Å². The molecule has 5 nitrogen and oxygen atoms in total. The number of nitrogens with one attached hydrogen (secondary N) is 2. The quantitative estimate of drug-likeness (QED) is 0.833. The van der Waals surface area contributed by atoms with Crippen LogP contribution in [-0.2, 0) is 14.8 Å². The molecule has 2 rings (SSSR count). The Labute approximate surface area is 130 Å². The third-order valence-electron chi connectivity index (χ3n) is 3.46. The van der Waals surface area contributed by atoms with Crippen molar-refractivity contribution in [2.24, 2.45) is 0 Å². The lowest BCUT2D eigenvalue weighted by Gasteiger charge is -2.25. The predicted molar refractivity (Wildman–Crippen MR) is 83.0 cm³/mol. The topological polar surface area (TPSA) is 75.3 Å². The second kappa shape index (κ2) is 6.77. The maximum absolute atomic E-state index is 12.3. The van der Waals surface area contributed by atoms with Crippen LogP contribution in [0.5, 0.6) is 0 Å². The van der Waals surface area contributed by atoms with E-state index >= 15 is 0 Å². The summed E-state index contributed by atoms with van der Waals surface area (Å²) in [5.41, 5.74) is 0.573. The van der Waals surface area contributed by atoms with Crippen LogP contribution in [0.2, 0.25) is 0 Å². The Morgan fingerprint density at radius 1 is 1.14 bits per heavy atom. The van der Waals surface area contributed by atoms with Crippen LogP contribution in [-0.4, -0.2) is 25.7 Å². The molecule has 0 bridgehead atoms. The van der Waals surface area contributed by atoms with E-state index in [-0.39, 0.29) is 22.2 Å². The zero-order valence-corrected chi connectivity index (χ0v) is 13.4. The zero-order chi connectivity index (χ0) is 15.5. The van der Waals surface area contributed by atoms with E-state index in [0.717, 1.165) is 25.7 Å². The van der Waals surface area contributed by atoms with E-state index in [1.807, 2.05) is 0 Å². The Kier molecular flexibility index (Phi) is 5.24. The monoisotopic (exact) mass is 330 g/mol. The predicted octanol–water partition coefficient (Wildman–Crippen LogP) is 2.47. The van der Waals surface area contributed by atoms with E-state index in [4.69, 9.17) is 11.6 Å². The lowest BCUT2D eigenvalue weighted by atomic mass is 9.96. The first-order valence-electron chi connectivity index (χ1n) is 6.91. The number of rotatable bonds is 4. The second-order valence-electron chi connectivity index (χ2n) is 5.28. The number of benzene rings is 1. The number of amides is 1. The molecule has 2 N–H and O–H groups in total. The largest absolute Gasteiger partial charge is 0.326 e. The van der Waals surface area contributed by atoms with Gasteiger partial charge in [-0.05, 0) is 49.9 Å². The van der Waals surface area contributed by atoms with Crippen LogP contribution in [0, 0.1) is 0 Å². The molecule has 0 unspecified atom stereocenters. The first-order chi connectivity index (χ1) is 9.87. The van der Waals surface area contributed by atoms with Crippen LogP contribution in [0.3, 0.4) is 0 Å². The molecule has 1 aromatic carbocycles. The lowest BCUT2D eigenvalue weighted by Crippen LogP contribution is -2.37. The van der Waals surface area contributed by atoms with E-state index in [9.17, 15) is 13.2 Å². The van der Waals surface area contributed by atoms with E-state index < -0.39 is 10.0 Å². The van der Waals surface area contributed by atoms with Crippen LogP contribution in [0.1, 0.15) is 32.6 Å². The number of carbonyl (C=O) groups is 1. The van der Waals surface area contributed by atoms with Crippen molar-refractivity contribution in [1.29, 1.82) is 0 Å². The summed E-state index contributed by atoms with van der Waals surface area (Å²) in [5.74, 6) is -0.193. The summed E-state index contributed by atoms with van der Waals surface area (Å²) in [6.45, 7) is 1.40. The minimum atomic E-state index is -3.53. The summed E-state index contributed by atoms with van der Waals surface area (Å²) < 4.78 is 27.3. The molecule has 1 aliphatic rings. The summed E-state index contributed by atoms with van der Waals surface area (Å²) >= 11 is 6.02. The first kappa shape index (κ1) is 16.3. The van der Waals surface area contributed by atoms with E-state index in [0.29, 0.717) is 5.69 Å². The van der Waals surface area contributed by atoms with Crippen molar-refractivity contribution >= 4 is 33.2 Å². The number of anilines is 1. The summed E-state index contributed by atoms with van der Waals surface area (Å²) in [4.78, 5) is 11.1. The third kappa shape index (κ3) is 4.69. The molecule has 0 heterocycles. The van der Waals surface area contributed by atoms with Gasteiger partial charge in [0.2, 0.25) is 15.9 Å². The Balaban J connectivity index is 2.03. The molecule has 1 aromatic rings. The minimum absolute atomic E-state index is 0.0555. The first-order valence-corrected chi connectivity index (χ1v) is 8.83. The van der Waals surface area contributed by atoms with Gasteiger partial charge in [0, 0.05) is 24.0 Å². The Morgan fingerprint density at radius 2 is 1.71 bits per heavy atom. The highest BCUT2D eigenvalue weighted by Gasteiger charge is 2.24. The molecule has 0 radical (unpaired) electrons. The fourth-order valence-electron chi connectivity index (χ4n) is 2.38. The van der Waals surface area contributed by atoms with Crippen LogP contribution in [0.25, 0.3) is 0 Å². The smallest absolute Gasteiger partial charge is 0.240 e. The molecule has 0 spiro atoms. The highest BCUT2D eigenvalue weighted by Crippen LogP contribution is 2.24. The normalized spacial score (nSPS) is 22.8. The standard InChI is InChI=1S/C14H19ClN2O3S/c1-10(18)16-12-6-8-14(9-7-12)21(19,20)17-13-4-2-11(15)3-5-13/h6-9,11,13,17H,2-5H2,1H3,(H,16,18). The average Bonchev–Trinajstić information content (AvgIpc) is 2.41. The van der Waals surface area contributed by atoms with Crippen molar-refractivity contribution in [2.45, 2.75) is 48.9 Å². The van der Waals surface area contributed by atoms with Gasteiger partial charge in [-0.25, -0.2) is 13.1 Å². The maximum atomic E-state index is 12.3. The molecule has 116 valence electrons. The van der Waals surface area contributed by atoms with Crippen LogP contribution in [0.4, 0.5) is 5.69 Å². The molecule has 0 aliphatic heterocycles. The maximum Gasteiger partial charge on any atom is 0.240 e. The fourth-order valence-corrected chi connectivity index (χ4v) is 3.94. The van der Waals surface area contributed by atoms with Crippen LogP contribution < -0.4 is 10.0 Å². The molecule has 0 atom stereocenters. The van der Waals surface area contributed by atoms with E-state index in [1.165, 1.54) is 19.1 Å². The van der Waals surface area contributed by atoms with Gasteiger partial charge in [0.05, 0.1) is 4.90 Å². The van der Waals surface area contributed by atoms with E-state index in [2.05, 4.69) is 10.0 Å². The lowest BCUT2D eigenvalue weighted by molar-refractivity contribution is -0.114. The van der Waals surface area contributed by atoms with Crippen molar-refractivity contribution < 1.29 is 13.2 Å². The highest BCUT2D eigenvalue weighted by atomic mass is 35.5. The highest BCUT2D eigenvalue weighted by molar-refractivity contribution is 7.89. The van der Waals surface area contributed by atoms with E-state index in [1.54, 1.807) is 12.1 Å². The van der Waals surface area contributed by atoms with Gasteiger partial charge in [0.1, 0.15) is 0 Å². The zero-order valence-electron chi connectivity index (χ0n) is 11.8. The molecule has 0 saturated heterocycles. The van der Waals surface area contributed by atoms with Gasteiger partial charge in [-0.3, -0.25) is 4.79 Å². The number of hydrogen-bond acceptors (Lipinski definition) is 3. The molecule has 0 aromatic heterocycles. The average molecular weight is 331 g/mol. The van der Waals surface area contributed by atoms with Crippen molar-refractivity contribution in [3.05, 3.63) is 24.3 Å². The van der Waals surface area contributed by atoms with Gasteiger partial charge in [0.15, 0.2) is 0 Å². The van der Waals surface area contributed by atoms with Gasteiger partial charge in [-0.1, -0.05) is 0 Å². The SMILES string of the molecule is CC(=O)Nc1ccc(S(=O)(=O)NC2CCC(Cl)CC2)cc1. The van der Waals surface area contributed by atoms with Gasteiger partial charge < -0.3 is 5.32 Å². The fraction of sp³-hybridized carbons (Fsp3) is 0.500. The number of alkyl halides is 1. The molecule has 1 fully saturated rings. The summed E-state index contributed by atoms with van der Waals surface area (Å²) in [6, 6.07) is 6.07. The number of hydrogen-bond donors (Lipinski definition) is 2. The van der Waals surface area contributed by atoms with Gasteiger partial charge in [-0.2, -0.15) is 0 Å². The van der Waals surface area contributed by atoms with Crippen molar-refractivity contribution in [3.8, 4) is 0 Å². The molecule has 1 aliphatic carbocycles. The summed E-state index contributed by atoms with van der Waals surface area (Å²) in [7, 11) is -3.53. The Hall–Kier alpha value is -1.11. The van der Waals surface area contributed by atoms with Crippen molar-refractivity contribution in [3.63, 3.8) is 0 Å². The Morgan fingerprint density at radius 3 is 2.24 bits per heavy atom. The minimum Gasteiger partial charge on any atom is -0.326 e. The third-order valence-corrected chi connectivity index (χ3v) is 5.44. The number of carbonyl (C=O) groups excluding carboxylic acids is 1. The summed E-state index contributed by atoms with van der Waals surface area (Å²) in [5, 5.41) is 2.76. The molecule has 7 heteroatoms. The molecular formula is C14H19ClN2O3S. The Bertz CT molecular complexity index is 593. The number of halogens is 1. The van der Waals surface area contributed by atoms with Gasteiger partial charge in [-0.15, -0.1) is 11.6 Å². The molecular weight excluding hydrogens is 312 g/mol. The molecule has 1 saturated carbocycles.